The van der Waals surface area contributed by atoms with Crippen molar-refractivity contribution in [3.8, 4) is 0 Å². The molecule has 16 heavy (non-hydrogen) atoms. The van der Waals surface area contributed by atoms with Crippen molar-refractivity contribution in [3.63, 3.8) is 0 Å². The Kier molecular flexibility index (Phi) is 3.06. The summed E-state index contributed by atoms with van der Waals surface area (Å²) in [4.78, 5) is 4.33. The molecule has 0 saturated heterocycles. The van der Waals surface area contributed by atoms with Crippen molar-refractivity contribution in [2.45, 2.75) is 26.4 Å². The van der Waals surface area contributed by atoms with Gasteiger partial charge in [-0.3, -0.25) is 0 Å². The first-order chi connectivity index (χ1) is 7.72. The predicted molar refractivity (Wildman–Crippen MR) is 65.1 cm³/mol. The van der Waals surface area contributed by atoms with Gasteiger partial charge in [0.1, 0.15) is 5.82 Å². The average Bonchev–Trinajstić information content (AvgIpc) is 2.76. The number of aryl methyl sites for hydroxylation is 2. The third-order valence-corrected chi connectivity index (χ3v) is 2.77. The second kappa shape index (κ2) is 4.49. The standard InChI is InChI=1S/C13H17N3/c1-3-16-8-7-15-13(16)12(14)11-6-4-5-10(2)9-11/h4-9,12H,3,14H2,1-2H3. The molecule has 1 aromatic heterocycles. The van der Waals surface area contributed by atoms with Gasteiger partial charge in [0, 0.05) is 18.9 Å². The minimum Gasteiger partial charge on any atom is -0.334 e. The summed E-state index contributed by atoms with van der Waals surface area (Å²) in [7, 11) is 0. The molecule has 0 aliphatic heterocycles. The fraction of sp³-hybridized carbons (Fsp3) is 0.308. The van der Waals surface area contributed by atoms with E-state index in [9.17, 15) is 0 Å². The Morgan fingerprint density at radius 1 is 1.44 bits per heavy atom. The summed E-state index contributed by atoms with van der Waals surface area (Å²) in [5, 5.41) is 0. The second-order valence-corrected chi connectivity index (χ2v) is 3.96. The molecule has 0 amide bonds. The van der Waals surface area contributed by atoms with E-state index in [0.717, 1.165) is 17.9 Å². The zero-order chi connectivity index (χ0) is 11.5. The summed E-state index contributed by atoms with van der Waals surface area (Å²) in [5.74, 6) is 0.924. The summed E-state index contributed by atoms with van der Waals surface area (Å²) in [6, 6.07) is 8.12. The maximum atomic E-state index is 6.22. The molecule has 84 valence electrons. The summed E-state index contributed by atoms with van der Waals surface area (Å²) >= 11 is 0. The van der Waals surface area contributed by atoms with Gasteiger partial charge in [-0.2, -0.15) is 0 Å². The van der Waals surface area contributed by atoms with Crippen LogP contribution in [-0.4, -0.2) is 9.55 Å². The molecule has 1 unspecified atom stereocenters. The Bertz CT molecular complexity index is 474. The Labute approximate surface area is 95.9 Å². The van der Waals surface area contributed by atoms with Gasteiger partial charge in [0.05, 0.1) is 6.04 Å². The number of benzene rings is 1. The van der Waals surface area contributed by atoms with Crippen molar-refractivity contribution in [3.05, 3.63) is 53.6 Å². The highest BCUT2D eigenvalue weighted by atomic mass is 15.1. The zero-order valence-electron chi connectivity index (χ0n) is 9.72. The highest BCUT2D eigenvalue weighted by Gasteiger charge is 2.13. The number of aromatic nitrogens is 2. The highest BCUT2D eigenvalue weighted by Crippen LogP contribution is 2.18. The summed E-state index contributed by atoms with van der Waals surface area (Å²) < 4.78 is 2.08. The fourth-order valence-electron chi connectivity index (χ4n) is 1.88. The molecular weight excluding hydrogens is 198 g/mol. The SMILES string of the molecule is CCn1ccnc1C(N)c1cccc(C)c1. The van der Waals surface area contributed by atoms with Crippen molar-refractivity contribution < 1.29 is 0 Å². The van der Waals surface area contributed by atoms with E-state index < -0.39 is 0 Å². The van der Waals surface area contributed by atoms with Crippen LogP contribution in [0, 0.1) is 6.92 Å². The minimum atomic E-state index is -0.144. The smallest absolute Gasteiger partial charge is 0.130 e. The van der Waals surface area contributed by atoms with Gasteiger partial charge in [0.15, 0.2) is 0 Å². The Morgan fingerprint density at radius 2 is 2.25 bits per heavy atom. The minimum absolute atomic E-state index is 0.144. The molecule has 0 saturated carbocycles. The fourth-order valence-corrected chi connectivity index (χ4v) is 1.88. The Hall–Kier alpha value is -1.61. The molecule has 0 aliphatic rings. The van der Waals surface area contributed by atoms with Gasteiger partial charge in [0.25, 0.3) is 0 Å². The Balaban J connectivity index is 2.35. The third kappa shape index (κ3) is 1.99. The van der Waals surface area contributed by atoms with Crippen molar-refractivity contribution in [2.24, 2.45) is 5.73 Å². The topological polar surface area (TPSA) is 43.8 Å². The molecular formula is C13H17N3. The second-order valence-electron chi connectivity index (χ2n) is 3.96. The molecule has 0 bridgehead atoms. The van der Waals surface area contributed by atoms with Gasteiger partial charge < -0.3 is 10.3 Å². The van der Waals surface area contributed by atoms with Gasteiger partial charge in [0.2, 0.25) is 0 Å². The van der Waals surface area contributed by atoms with E-state index in [-0.39, 0.29) is 6.04 Å². The maximum absolute atomic E-state index is 6.22. The Morgan fingerprint density at radius 3 is 2.94 bits per heavy atom. The largest absolute Gasteiger partial charge is 0.334 e. The number of hydrogen-bond donors (Lipinski definition) is 1. The van der Waals surface area contributed by atoms with E-state index >= 15 is 0 Å². The molecule has 3 heteroatoms. The molecule has 1 heterocycles. The van der Waals surface area contributed by atoms with Gasteiger partial charge in [-0.25, -0.2) is 4.98 Å². The van der Waals surface area contributed by atoms with Crippen LogP contribution >= 0.6 is 0 Å². The highest BCUT2D eigenvalue weighted by molar-refractivity contribution is 5.28. The van der Waals surface area contributed by atoms with E-state index in [1.807, 2.05) is 18.3 Å². The van der Waals surface area contributed by atoms with Crippen molar-refractivity contribution in [2.75, 3.05) is 0 Å². The molecule has 1 aromatic carbocycles. The number of rotatable bonds is 3. The third-order valence-electron chi connectivity index (χ3n) is 2.77. The van der Waals surface area contributed by atoms with Crippen LogP contribution in [0.4, 0.5) is 0 Å². The molecule has 1 atom stereocenters. The van der Waals surface area contributed by atoms with E-state index in [1.54, 1.807) is 6.20 Å². The lowest BCUT2D eigenvalue weighted by molar-refractivity contribution is 0.656. The lowest BCUT2D eigenvalue weighted by Gasteiger charge is -2.13. The average molecular weight is 215 g/mol. The van der Waals surface area contributed by atoms with E-state index in [2.05, 4.69) is 35.5 Å². The van der Waals surface area contributed by atoms with Crippen molar-refractivity contribution >= 4 is 0 Å². The van der Waals surface area contributed by atoms with Crippen LogP contribution in [0.1, 0.15) is 29.9 Å². The molecule has 0 spiro atoms. The van der Waals surface area contributed by atoms with Crippen LogP contribution in [-0.2, 0) is 6.54 Å². The lowest BCUT2D eigenvalue weighted by atomic mass is 10.0. The van der Waals surface area contributed by atoms with Gasteiger partial charge in [-0.15, -0.1) is 0 Å². The van der Waals surface area contributed by atoms with Crippen molar-refractivity contribution in [1.29, 1.82) is 0 Å². The number of hydrogen-bond acceptors (Lipinski definition) is 2. The summed E-state index contributed by atoms with van der Waals surface area (Å²) in [6.45, 7) is 5.06. The molecule has 2 aromatic rings. The van der Waals surface area contributed by atoms with E-state index in [0.29, 0.717) is 0 Å². The molecule has 0 radical (unpaired) electrons. The van der Waals surface area contributed by atoms with Crippen LogP contribution in [0.25, 0.3) is 0 Å². The predicted octanol–water partition coefficient (Wildman–Crippen LogP) is 2.26. The van der Waals surface area contributed by atoms with Gasteiger partial charge in [-0.1, -0.05) is 29.8 Å². The first kappa shape index (κ1) is 10.9. The van der Waals surface area contributed by atoms with Crippen LogP contribution in [0.3, 0.4) is 0 Å². The number of nitrogens with two attached hydrogens (primary N) is 1. The monoisotopic (exact) mass is 215 g/mol. The normalized spacial score (nSPS) is 12.7. The first-order valence-electron chi connectivity index (χ1n) is 5.55. The summed E-state index contributed by atoms with van der Waals surface area (Å²) in [6.07, 6.45) is 3.76. The van der Waals surface area contributed by atoms with Crippen LogP contribution in [0.2, 0.25) is 0 Å². The van der Waals surface area contributed by atoms with Crippen LogP contribution < -0.4 is 5.73 Å². The molecule has 3 nitrogen and oxygen atoms in total. The lowest BCUT2D eigenvalue weighted by Crippen LogP contribution is -2.17. The van der Waals surface area contributed by atoms with Crippen molar-refractivity contribution in [1.82, 2.24) is 9.55 Å². The molecule has 0 aliphatic carbocycles. The summed E-state index contributed by atoms with van der Waals surface area (Å²) in [5.41, 5.74) is 8.56. The van der Waals surface area contributed by atoms with Crippen LogP contribution in [0.5, 0.6) is 0 Å². The van der Waals surface area contributed by atoms with Gasteiger partial charge in [-0.05, 0) is 19.4 Å². The maximum Gasteiger partial charge on any atom is 0.130 e. The van der Waals surface area contributed by atoms with Crippen LogP contribution in [0.15, 0.2) is 36.7 Å². The molecule has 2 rings (SSSR count). The zero-order valence-corrected chi connectivity index (χ0v) is 9.72. The van der Waals surface area contributed by atoms with E-state index in [1.165, 1.54) is 5.56 Å². The number of nitrogens with zero attached hydrogens (tertiary/aromatic N) is 2. The van der Waals surface area contributed by atoms with Gasteiger partial charge >= 0.3 is 0 Å². The number of imidazole rings is 1. The first-order valence-corrected chi connectivity index (χ1v) is 5.55. The van der Waals surface area contributed by atoms with E-state index in [4.69, 9.17) is 5.73 Å². The molecule has 2 N–H and O–H groups in total. The molecule has 0 fully saturated rings. The quantitative estimate of drug-likeness (QED) is 0.853.